The van der Waals surface area contributed by atoms with Crippen molar-refractivity contribution < 1.29 is 14.3 Å². The maximum atomic E-state index is 13.5. The van der Waals surface area contributed by atoms with Gasteiger partial charge in [0, 0.05) is 43.2 Å². The third-order valence-electron chi connectivity index (χ3n) is 10.8. The number of aromatic hydroxyl groups is 1. The molecule has 36 heavy (non-hydrogen) atoms. The lowest BCUT2D eigenvalue weighted by Gasteiger charge is -2.67. The van der Waals surface area contributed by atoms with Crippen molar-refractivity contribution in [2.75, 3.05) is 20.1 Å². The lowest BCUT2D eigenvalue weighted by atomic mass is 9.43. The molecule has 1 N–H and O–H groups in total. The molecule has 1 aromatic carbocycles. The first-order valence-electron chi connectivity index (χ1n) is 13.8. The van der Waals surface area contributed by atoms with E-state index in [9.17, 15) is 14.7 Å². The van der Waals surface area contributed by atoms with Crippen LogP contribution in [0.1, 0.15) is 67.1 Å². The summed E-state index contributed by atoms with van der Waals surface area (Å²) >= 11 is 0. The molecule has 4 fully saturated rings. The molecule has 6 heteroatoms. The van der Waals surface area contributed by atoms with Gasteiger partial charge in [0.1, 0.15) is 5.75 Å². The Bertz CT molecular complexity index is 1280. The van der Waals surface area contributed by atoms with Gasteiger partial charge in [-0.3, -0.25) is 14.5 Å². The van der Waals surface area contributed by atoms with E-state index >= 15 is 0 Å². The number of carbonyl (C=O) groups excluding carboxylic acids is 1. The second-order valence-corrected chi connectivity index (χ2v) is 12.4. The zero-order chi connectivity index (χ0) is 24.8. The summed E-state index contributed by atoms with van der Waals surface area (Å²) < 4.78 is 5.47. The van der Waals surface area contributed by atoms with Crippen LogP contribution in [0.5, 0.6) is 5.75 Å². The summed E-state index contributed by atoms with van der Waals surface area (Å²) in [6.07, 6.45) is 9.45. The van der Waals surface area contributed by atoms with Crippen molar-refractivity contribution >= 4 is 5.91 Å². The monoisotopic (exact) mass is 488 g/mol. The van der Waals surface area contributed by atoms with Gasteiger partial charge < -0.3 is 14.4 Å². The largest absolute Gasteiger partial charge is 0.508 e. The molecule has 1 aromatic heterocycles. The highest BCUT2D eigenvalue weighted by Gasteiger charge is 2.73. The SMILES string of the molecule is C[C@H]1CC23CCC(N(C)C(=O)c4cc(=O)cco4)C1C21CCN(CC2CC2)C3Cc2ccc(O)cc21. The molecule has 0 radical (unpaired) electrons. The van der Waals surface area contributed by atoms with Crippen LogP contribution in [0.25, 0.3) is 0 Å². The molecule has 1 saturated heterocycles. The lowest BCUT2D eigenvalue weighted by Crippen LogP contribution is -2.70. The fourth-order valence-electron chi connectivity index (χ4n) is 9.54. The molecular weight excluding hydrogens is 452 g/mol. The number of benzene rings is 1. The van der Waals surface area contributed by atoms with E-state index in [2.05, 4.69) is 24.0 Å². The molecule has 0 spiro atoms. The minimum Gasteiger partial charge on any atom is -0.508 e. The quantitative estimate of drug-likeness (QED) is 0.698. The number of carbonyl (C=O) groups is 1. The van der Waals surface area contributed by atoms with Crippen LogP contribution in [0, 0.1) is 23.2 Å². The summed E-state index contributed by atoms with van der Waals surface area (Å²) in [7, 11) is 1.89. The molecule has 1 aliphatic heterocycles. The number of phenols is 1. The van der Waals surface area contributed by atoms with Gasteiger partial charge in [-0.15, -0.1) is 0 Å². The van der Waals surface area contributed by atoms with Crippen molar-refractivity contribution in [3.63, 3.8) is 0 Å². The van der Waals surface area contributed by atoms with Gasteiger partial charge in [0.05, 0.1) is 6.26 Å². The minimum absolute atomic E-state index is 0.0432. The van der Waals surface area contributed by atoms with Gasteiger partial charge in [0.25, 0.3) is 5.91 Å². The molecule has 4 bridgehead atoms. The Labute approximate surface area is 212 Å². The molecule has 2 heterocycles. The van der Waals surface area contributed by atoms with Crippen LogP contribution in [0.4, 0.5) is 0 Å². The molecule has 3 saturated carbocycles. The van der Waals surface area contributed by atoms with Gasteiger partial charge >= 0.3 is 0 Å². The topological polar surface area (TPSA) is 74.0 Å². The number of nitrogens with zero attached hydrogens (tertiary/aromatic N) is 2. The van der Waals surface area contributed by atoms with Gasteiger partial charge in [0.2, 0.25) is 0 Å². The number of amides is 1. The molecule has 190 valence electrons. The molecule has 2 aromatic rings. The Morgan fingerprint density at radius 1 is 1.19 bits per heavy atom. The van der Waals surface area contributed by atoms with Crippen molar-refractivity contribution in [1.29, 1.82) is 0 Å². The van der Waals surface area contributed by atoms with E-state index in [0.717, 1.165) is 38.1 Å². The van der Waals surface area contributed by atoms with Crippen molar-refractivity contribution in [1.82, 2.24) is 9.80 Å². The van der Waals surface area contributed by atoms with Crippen LogP contribution in [-0.2, 0) is 11.8 Å². The van der Waals surface area contributed by atoms with Crippen LogP contribution in [-0.4, -0.2) is 53.0 Å². The third kappa shape index (κ3) is 2.94. The van der Waals surface area contributed by atoms with E-state index < -0.39 is 0 Å². The Morgan fingerprint density at radius 3 is 2.81 bits per heavy atom. The van der Waals surface area contributed by atoms with E-state index in [0.29, 0.717) is 23.6 Å². The number of phenolic OH excluding ortho intramolecular Hbond substituents is 1. The maximum absolute atomic E-state index is 13.5. The molecule has 4 aliphatic carbocycles. The van der Waals surface area contributed by atoms with Crippen molar-refractivity contribution in [2.24, 2.45) is 23.2 Å². The molecule has 5 aliphatic rings. The number of fused-ring (bicyclic) bond motifs is 1. The van der Waals surface area contributed by atoms with E-state index in [1.807, 2.05) is 18.0 Å². The molecule has 1 amide bonds. The molecular formula is C30H36N2O4. The molecule has 7 rings (SSSR count). The van der Waals surface area contributed by atoms with E-state index in [4.69, 9.17) is 4.42 Å². The first kappa shape index (κ1) is 22.6. The minimum atomic E-state index is -0.213. The second-order valence-electron chi connectivity index (χ2n) is 12.4. The summed E-state index contributed by atoms with van der Waals surface area (Å²) in [6.45, 7) is 4.71. The number of hydrogen-bond acceptors (Lipinski definition) is 5. The van der Waals surface area contributed by atoms with Gasteiger partial charge in [-0.2, -0.15) is 0 Å². The van der Waals surface area contributed by atoms with Gasteiger partial charge in [-0.05, 0) is 97.9 Å². The number of piperidine rings is 1. The van der Waals surface area contributed by atoms with Crippen LogP contribution >= 0.6 is 0 Å². The fraction of sp³-hybridized carbons (Fsp3) is 0.600. The molecule has 6 atom stereocenters. The van der Waals surface area contributed by atoms with Gasteiger partial charge in [0.15, 0.2) is 11.2 Å². The van der Waals surface area contributed by atoms with E-state index in [1.165, 1.54) is 55.3 Å². The Kier molecular flexibility index (Phi) is 4.83. The van der Waals surface area contributed by atoms with Crippen LogP contribution < -0.4 is 5.43 Å². The third-order valence-corrected chi connectivity index (χ3v) is 10.8. The van der Waals surface area contributed by atoms with Crippen LogP contribution in [0.15, 0.2) is 45.8 Å². The van der Waals surface area contributed by atoms with Crippen LogP contribution in [0.2, 0.25) is 0 Å². The number of hydrogen-bond donors (Lipinski definition) is 1. The summed E-state index contributed by atoms with van der Waals surface area (Å²) in [5.41, 5.74) is 2.66. The zero-order valence-corrected chi connectivity index (χ0v) is 21.3. The highest BCUT2D eigenvalue weighted by atomic mass is 16.3. The predicted octanol–water partition coefficient (Wildman–Crippen LogP) is 4.20. The first-order chi connectivity index (χ1) is 17.3. The predicted molar refractivity (Wildman–Crippen MR) is 136 cm³/mol. The summed E-state index contributed by atoms with van der Waals surface area (Å²) in [5.74, 6) is 1.89. The van der Waals surface area contributed by atoms with Crippen LogP contribution in [0.3, 0.4) is 0 Å². The average Bonchev–Trinajstić information content (AvgIpc) is 3.65. The smallest absolute Gasteiger partial charge is 0.289 e. The number of rotatable bonds is 4. The second kappa shape index (κ2) is 7.70. The lowest BCUT2D eigenvalue weighted by molar-refractivity contribution is -0.105. The number of likely N-dealkylation sites (tertiary alicyclic amines) is 1. The first-order valence-corrected chi connectivity index (χ1v) is 13.8. The van der Waals surface area contributed by atoms with Crippen molar-refractivity contribution in [3.8, 4) is 5.75 Å². The Balaban J connectivity index is 1.34. The fourth-order valence-corrected chi connectivity index (χ4v) is 9.54. The standard InChI is InChI=1S/C30H36N2O4/c1-18-16-29-9-7-24(31(2)28(35)25-15-22(34)8-12-36-25)27(18)30(29)10-11-32(17-19-3-4-19)26(29)13-20-5-6-21(33)14-23(20)30/h5-6,8,12,14-15,18-19,24,26-27,33H,3-4,7,9-11,13,16-17H2,1-2H3/t18-,24?,26?,27?,29?,30?/m0/s1. The van der Waals surface area contributed by atoms with Gasteiger partial charge in [-0.25, -0.2) is 0 Å². The summed E-state index contributed by atoms with van der Waals surface area (Å²) in [6, 6.07) is 9.32. The van der Waals surface area contributed by atoms with Crippen molar-refractivity contribution in [3.05, 3.63) is 63.7 Å². The van der Waals surface area contributed by atoms with Gasteiger partial charge in [-0.1, -0.05) is 13.0 Å². The van der Waals surface area contributed by atoms with Crippen molar-refractivity contribution in [2.45, 2.75) is 69.4 Å². The normalized spacial score (nSPS) is 36.7. The molecule has 6 nitrogen and oxygen atoms in total. The molecule has 5 unspecified atom stereocenters. The zero-order valence-electron chi connectivity index (χ0n) is 21.3. The van der Waals surface area contributed by atoms with E-state index in [-0.39, 0.29) is 34.0 Å². The highest BCUT2D eigenvalue weighted by Crippen LogP contribution is 2.74. The summed E-state index contributed by atoms with van der Waals surface area (Å²) in [5, 5.41) is 10.6. The Morgan fingerprint density at radius 2 is 2.03 bits per heavy atom. The Hall–Kier alpha value is -2.60. The van der Waals surface area contributed by atoms with E-state index in [1.54, 1.807) is 0 Å². The summed E-state index contributed by atoms with van der Waals surface area (Å²) in [4.78, 5) is 30.1. The maximum Gasteiger partial charge on any atom is 0.289 e. The average molecular weight is 489 g/mol. The highest BCUT2D eigenvalue weighted by molar-refractivity contribution is 5.91.